The third-order valence-corrected chi connectivity index (χ3v) is 3.49. The zero-order valence-electron chi connectivity index (χ0n) is 10.8. The first-order valence-electron chi connectivity index (χ1n) is 6.27. The summed E-state index contributed by atoms with van der Waals surface area (Å²) >= 11 is 5.85. The molecule has 1 aromatic heterocycles. The van der Waals surface area contributed by atoms with Crippen LogP contribution < -0.4 is 5.73 Å². The summed E-state index contributed by atoms with van der Waals surface area (Å²) in [6.07, 6.45) is 1.03. The van der Waals surface area contributed by atoms with Crippen LogP contribution >= 0.6 is 24.0 Å². The number of aromatic nitrogens is 2. The van der Waals surface area contributed by atoms with Gasteiger partial charge in [0.05, 0.1) is 6.54 Å². The van der Waals surface area contributed by atoms with Crippen LogP contribution in [0.4, 0.5) is 0 Å². The molecule has 2 N–H and O–H groups in total. The van der Waals surface area contributed by atoms with Gasteiger partial charge < -0.3 is 10.3 Å². The number of rotatable bonds is 3. The minimum atomic E-state index is 0. The molecule has 0 amide bonds. The van der Waals surface area contributed by atoms with Crippen LogP contribution in [0.5, 0.6) is 0 Å². The number of benzene rings is 1. The van der Waals surface area contributed by atoms with E-state index in [1.807, 2.05) is 24.3 Å². The van der Waals surface area contributed by atoms with E-state index < -0.39 is 0 Å². The first-order chi connectivity index (χ1) is 9.20. The fourth-order valence-electron chi connectivity index (χ4n) is 2.23. The van der Waals surface area contributed by atoms with Gasteiger partial charge in [-0.05, 0) is 30.7 Å². The van der Waals surface area contributed by atoms with Crippen molar-refractivity contribution in [2.45, 2.75) is 19.0 Å². The zero-order valence-corrected chi connectivity index (χ0v) is 12.4. The predicted octanol–water partition coefficient (Wildman–Crippen LogP) is 2.34. The highest BCUT2D eigenvalue weighted by Gasteiger charge is 2.21. The molecule has 108 valence electrons. The number of hydrogen-bond acceptors (Lipinski definition) is 5. The van der Waals surface area contributed by atoms with Gasteiger partial charge in [-0.15, -0.1) is 12.4 Å². The van der Waals surface area contributed by atoms with E-state index in [2.05, 4.69) is 15.0 Å². The van der Waals surface area contributed by atoms with Gasteiger partial charge in [-0.3, -0.25) is 4.90 Å². The fourth-order valence-corrected chi connectivity index (χ4v) is 2.36. The second-order valence-electron chi connectivity index (χ2n) is 4.80. The predicted molar refractivity (Wildman–Crippen MR) is 79.9 cm³/mol. The molecule has 2 heterocycles. The van der Waals surface area contributed by atoms with Gasteiger partial charge in [-0.25, -0.2) is 0 Å². The lowest BCUT2D eigenvalue weighted by Gasteiger charge is -2.10. The van der Waals surface area contributed by atoms with Gasteiger partial charge in [-0.1, -0.05) is 16.8 Å². The molecule has 1 saturated heterocycles. The van der Waals surface area contributed by atoms with Crippen molar-refractivity contribution in [2.75, 3.05) is 13.1 Å². The van der Waals surface area contributed by atoms with Gasteiger partial charge in [0.1, 0.15) is 0 Å². The highest BCUT2D eigenvalue weighted by molar-refractivity contribution is 6.30. The first kappa shape index (κ1) is 15.3. The van der Waals surface area contributed by atoms with Crippen molar-refractivity contribution in [1.82, 2.24) is 15.0 Å². The average Bonchev–Trinajstić information content (AvgIpc) is 3.00. The number of hydrogen-bond donors (Lipinski definition) is 1. The molecule has 0 aliphatic carbocycles. The standard InChI is InChI=1S/C13H15ClN4O.ClH/c14-10-3-1-9(2-4-10)13-16-12(19-17-13)8-18-6-5-11(15)7-18;/h1-4,11H,5-8,15H2;1H/t11-;/m1./s1. The third kappa shape index (κ3) is 3.49. The molecule has 1 aromatic carbocycles. The average molecular weight is 315 g/mol. The molecular weight excluding hydrogens is 299 g/mol. The summed E-state index contributed by atoms with van der Waals surface area (Å²) < 4.78 is 5.27. The van der Waals surface area contributed by atoms with Crippen LogP contribution in [-0.4, -0.2) is 34.2 Å². The minimum Gasteiger partial charge on any atom is -0.338 e. The van der Waals surface area contributed by atoms with Gasteiger partial charge >= 0.3 is 0 Å². The van der Waals surface area contributed by atoms with Crippen LogP contribution in [0.25, 0.3) is 11.4 Å². The fraction of sp³-hybridized carbons (Fsp3) is 0.385. The summed E-state index contributed by atoms with van der Waals surface area (Å²) in [5, 5.41) is 4.68. The molecule has 3 rings (SSSR count). The summed E-state index contributed by atoms with van der Waals surface area (Å²) in [6, 6.07) is 7.64. The lowest BCUT2D eigenvalue weighted by molar-refractivity contribution is 0.265. The quantitative estimate of drug-likeness (QED) is 0.941. The number of nitrogens with zero attached hydrogens (tertiary/aromatic N) is 3. The Balaban J connectivity index is 0.00000147. The molecule has 0 radical (unpaired) electrons. The van der Waals surface area contributed by atoms with Crippen LogP contribution in [0, 0.1) is 0 Å². The van der Waals surface area contributed by atoms with Crippen molar-refractivity contribution in [3.8, 4) is 11.4 Å². The van der Waals surface area contributed by atoms with E-state index in [-0.39, 0.29) is 18.4 Å². The van der Waals surface area contributed by atoms with Crippen LogP contribution in [0.1, 0.15) is 12.3 Å². The maximum Gasteiger partial charge on any atom is 0.241 e. The van der Waals surface area contributed by atoms with E-state index >= 15 is 0 Å². The second kappa shape index (κ2) is 6.54. The summed E-state index contributed by atoms with van der Waals surface area (Å²) in [5.41, 5.74) is 6.77. The van der Waals surface area contributed by atoms with Gasteiger partial charge in [-0.2, -0.15) is 4.98 Å². The Kier molecular flexibility index (Phi) is 4.99. The Hall–Kier alpha value is -1.14. The molecule has 1 fully saturated rings. The Morgan fingerprint density at radius 3 is 2.75 bits per heavy atom. The summed E-state index contributed by atoms with van der Waals surface area (Å²) in [7, 11) is 0. The van der Waals surface area contributed by atoms with Crippen molar-refractivity contribution < 1.29 is 4.52 Å². The summed E-state index contributed by atoms with van der Waals surface area (Å²) in [5.74, 6) is 1.22. The smallest absolute Gasteiger partial charge is 0.241 e. The third-order valence-electron chi connectivity index (χ3n) is 3.24. The maximum atomic E-state index is 5.87. The number of halogens is 2. The van der Waals surface area contributed by atoms with E-state index in [9.17, 15) is 0 Å². The Bertz CT molecular complexity index is 558. The van der Waals surface area contributed by atoms with Crippen molar-refractivity contribution in [3.63, 3.8) is 0 Å². The molecule has 5 nitrogen and oxygen atoms in total. The zero-order chi connectivity index (χ0) is 13.2. The SMILES string of the molecule is Cl.N[C@@H]1CCN(Cc2nc(-c3ccc(Cl)cc3)no2)C1. The molecule has 1 aliphatic heterocycles. The molecule has 0 bridgehead atoms. The Morgan fingerprint density at radius 1 is 1.35 bits per heavy atom. The van der Waals surface area contributed by atoms with E-state index in [0.717, 1.165) is 25.1 Å². The normalized spacial score (nSPS) is 19.0. The lowest BCUT2D eigenvalue weighted by atomic mass is 10.2. The van der Waals surface area contributed by atoms with Gasteiger partial charge in [0.2, 0.25) is 11.7 Å². The Morgan fingerprint density at radius 2 is 2.10 bits per heavy atom. The molecule has 2 aromatic rings. The lowest BCUT2D eigenvalue weighted by Crippen LogP contribution is -2.26. The first-order valence-corrected chi connectivity index (χ1v) is 6.65. The van der Waals surface area contributed by atoms with Gasteiger partial charge in [0.25, 0.3) is 0 Å². The molecule has 0 spiro atoms. The summed E-state index contributed by atoms with van der Waals surface area (Å²) in [6.45, 7) is 2.53. The number of likely N-dealkylation sites (tertiary alicyclic amines) is 1. The molecule has 0 saturated carbocycles. The molecular formula is C13H16Cl2N4O. The highest BCUT2D eigenvalue weighted by atomic mass is 35.5. The van der Waals surface area contributed by atoms with Crippen LogP contribution in [-0.2, 0) is 6.54 Å². The van der Waals surface area contributed by atoms with Crippen molar-refractivity contribution >= 4 is 24.0 Å². The number of nitrogens with two attached hydrogens (primary N) is 1. The monoisotopic (exact) mass is 314 g/mol. The van der Waals surface area contributed by atoms with Crippen LogP contribution in [0.2, 0.25) is 5.02 Å². The van der Waals surface area contributed by atoms with E-state index in [0.29, 0.717) is 23.3 Å². The van der Waals surface area contributed by atoms with Crippen molar-refractivity contribution in [2.24, 2.45) is 5.73 Å². The van der Waals surface area contributed by atoms with Crippen LogP contribution in [0.15, 0.2) is 28.8 Å². The highest BCUT2D eigenvalue weighted by Crippen LogP contribution is 2.19. The van der Waals surface area contributed by atoms with Crippen LogP contribution in [0.3, 0.4) is 0 Å². The largest absolute Gasteiger partial charge is 0.338 e. The van der Waals surface area contributed by atoms with Gasteiger partial charge in [0, 0.05) is 29.7 Å². The van der Waals surface area contributed by atoms with E-state index in [1.54, 1.807) is 0 Å². The summed E-state index contributed by atoms with van der Waals surface area (Å²) in [4.78, 5) is 6.62. The van der Waals surface area contributed by atoms with Crippen molar-refractivity contribution in [3.05, 3.63) is 35.2 Å². The minimum absolute atomic E-state index is 0. The topological polar surface area (TPSA) is 68.2 Å². The second-order valence-corrected chi connectivity index (χ2v) is 5.24. The van der Waals surface area contributed by atoms with E-state index in [1.165, 1.54) is 0 Å². The molecule has 20 heavy (non-hydrogen) atoms. The molecule has 0 unspecified atom stereocenters. The van der Waals surface area contributed by atoms with Gasteiger partial charge in [0.15, 0.2) is 0 Å². The maximum absolute atomic E-state index is 5.87. The van der Waals surface area contributed by atoms with Crippen molar-refractivity contribution in [1.29, 1.82) is 0 Å². The molecule has 1 atom stereocenters. The molecule has 7 heteroatoms. The Labute approximate surface area is 128 Å². The molecule has 1 aliphatic rings. The van der Waals surface area contributed by atoms with E-state index in [4.69, 9.17) is 21.9 Å².